The standard InChI is InChI=1S/C7H17N3/c1-2-8-9-10-6-4-3-5-7-10/h8-9H,2-7H2,1H3. The predicted octanol–water partition coefficient (Wildman–Crippen LogP) is 0.501. The first-order chi connectivity index (χ1) is 4.93. The van der Waals surface area contributed by atoms with Crippen LogP contribution in [-0.4, -0.2) is 24.6 Å². The molecular formula is C7H17N3. The van der Waals surface area contributed by atoms with Crippen LogP contribution < -0.4 is 11.0 Å². The highest BCUT2D eigenvalue weighted by Gasteiger charge is 2.07. The highest BCUT2D eigenvalue weighted by atomic mass is 15.7. The quantitative estimate of drug-likeness (QED) is 0.563. The molecule has 0 unspecified atom stereocenters. The molecule has 3 nitrogen and oxygen atoms in total. The normalized spacial score (nSPS) is 21.3. The van der Waals surface area contributed by atoms with Crippen LogP contribution in [0.15, 0.2) is 0 Å². The first-order valence-corrected chi connectivity index (χ1v) is 4.17. The maximum Gasteiger partial charge on any atom is 0.0144 e. The van der Waals surface area contributed by atoms with Crippen LogP contribution in [0.3, 0.4) is 0 Å². The molecule has 0 aromatic carbocycles. The van der Waals surface area contributed by atoms with E-state index in [1.54, 1.807) is 0 Å². The molecule has 3 heteroatoms. The van der Waals surface area contributed by atoms with Gasteiger partial charge in [-0.15, -0.1) is 0 Å². The lowest BCUT2D eigenvalue weighted by molar-refractivity contribution is 0.126. The third-order valence-corrected chi connectivity index (χ3v) is 1.77. The molecule has 0 amide bonds. The van der Waals surface area contributed by atoms with Crippen molar-refractivity contribution >= 4 is 0 Å². The van der Waals surface area contributed by atoms with Crippen molar-refractivity contribution in [1.29, 1.82) is 0 Å². The van der Waals surface area contributed by atoms with E-state index in [0.717, 1.165) is 6.54 Å². The SMILES string of the molecule is CCNNN1CCCCC1. The lowest BCUT2D eigenvalue weighted by Gasteiger charge is -2.26. The summed E-state index contributed by atoms with van der Waals surface area (Å²) in [4.78, 5) is 0. The van der Waals surface area contributed by atoms with E-state index in [-0.39, 0.29) is 0 Å². The molecule has 0 aromatic heterocycles. The predicted molar refractivity (Wildman–Crippen MR) is 42.2 cm³/mol. The van der Waals surface area contributed by atoms with Gasteiger partial charge in [0.15, 0.2) is 0 Å². The minimum absolute atomic E-state index is 0.983. The fourth-order valence-electron chi connectivity index (χ4n) is 1.20. The van der Waals surface area contributed by atoms with E-state index >= 15 is 0 Å². The summed E-state index contributed by atoms with van der Waals surface area (Å²) < 4.78 is 0. The van der Waals surface area contributed by atoms with Gasteiger partial charge in [-0.3, -0.25) is 0 Å². The van der Waals surface area contributed by atoms with Crippen molar-refractivity contribution in [3.05, 3.63) is 0 Å². The molecule has 0 atom stereocenters. The van der Waals surface area contributed by atoms with Gasteiger partial charge in [-0.1, -0.05) is 13.3 Å². The Morgan fingerprint density at radius 2 is 1.90 bits per heavy atom. The Morgan fingerprint density at radius 1 is 1.20 bits per heavy atom. The lowest BCUT2D eigenvalue weighted by atomic mass is 10.2. The topological polar surface area (TPSA) is 27.3 Å². The fourth-order valence-corrected chi connectivity index (χ4v) is 1.20. The van der Waals surface area contributed by atoms with Crippen molar-refractivity contribution in [3.63, 3.8) is 0 Å². The average molecular weight is 143 g/mol. The molecule has 1 aliphatic heterocycles. The number of hydrogen-bond donors (Lipinski definition) is 2. The Labute approximate surface area is 62.7 Å². The molecule has 1 heterocycles. The second-order valence-corrected chi connectivity index (χ2v) is 2.69. The number of piperidine rings is 1. The van der Waals surface area contributed by atoms with Gasteiger partial charge in [0.1, 0.15) is 0 Å². The van der Waals surface area contributed by atoms with Gasteiger partial charge in [-0.2, -0.15) is 5.53 Å². The fraction of sp³-hybridized carbons (Fsp3) is 1.00. The molecule has 0 aromatic rings. The summed E-state index contributed by atoms with van der Waals surface area (Å²) in [6.07, 6.45) is 4.06. The summed E-state index contributed by atoms with van der Waals surface area (Å²) in [6.45, 7) is 5.45. The van der Waals surface area contributed by atoms with Crippen LogP contribution in [0.1, 0.15) is 26.2 Å². The summed E-state index contributed by atoms with van der Waals surface area (Å²) in [5.74, 6) is 0. The summed E-state index contributed by atoms with van der Waals surface area (Å²) >= 11 is 0. The molecule has 60 valence electrons. The molecule has 1 rings (SSSR count). The Morgan fingerprint density at radius 3 is 2.50 bits per heavy atom. The van der Waals surface area contributed by atoms with E-state index in [0.29, 0.717) is 0 Å². The van der Waals surface area contributed by atoms with Crippen molar-refractivity contribution in [2.75, 3.05) is 19.6 Å². The molecule has 10 heavy (non-hydrogen) atoms. The molecule has 0 spiro atoms. The Balaban J connectivity index is 2.02. The van der Waals surface area contributed by atoms with Crippen molar-refractivity contribution in [1.82, 2.24) is 16.0 Å². The molecule has 1 fully saturated rings. The van der Waals surface area contributed by atoms with Crippen LogP contribution in [0.2, 0.25) is 0 Å². The monoisotopic (exact) mass is 143 g/mol. The number of nitrogens with one attached hydrogen (secondary N) is 2. The summed E-state index contributed by atoms with van der Waals surface area (Å²) in [5.41, 5.74) is 6.25. The van der Waals surface area contributed by atoms with Gasteiger partial charge in [0.25, 0.3) is 0 Å². The van der Waals surface area contributed by atoms with Gasteiger partial charge in [0.2, 0.25) is 0 Å². The summed E-state index contributed by atoms with van der Waals surface area (Å²) in [7, 11) is 0. The molecule has 0 saturated carbocycles. The third kappa shape index (κ3) is 2.64. The molecule has 0 bridgehead atoms. The molecule has 1 saturated heterocycles. The Kier molecular flexibility index (Phi) is 3.72. The smallest absolute Gasteiger partial charge is 0.0144 e. The van der Waals surface area contributed by atoms with E-state index in [4.69, 9.17) is 0 Å². The van der Waals surface area contributed by atoms with Crippen LogP contribution in [0.25, 0.3) is 0 Å². The van der Waals surface area contributed by atoms with Gasteiger partial charge in [-0.25, -0.2) is 10.4 Å². The van der Waals surface area contributed by atoms with Crippen LogP contribution in [0.4, 0.5) is 0 Å². The number of nitrogens with zero attached hydrogens (tertiary/aromatic N) is 1. The second kappa shape index (κ2) is 4.66. The zero-order valence-electron chi connectivity index (χ0n) is 6.69. The van der Waals surface area contributed by atoms with Gasteiger partial charge in [0, 0.05) is 19.6 Å². The van der Waals surface area contributed by atoms with E-state index < -0.39 is 0 Å². The van der Waals surface area contributed by atoms with Gasteiger partial charge in [0.05, 0.1) is 0 Å². The Hall–Kier alpha value is -0.120. The van der Waals surface area contributed by atoms with E-state index in [2.05, 4.69) is 22.9 Å². The highest BCUT2D eigenvalue weighted by Crippen LogP contribution is 2.04. The van der Waals surface area contributed by atoms with Gasteiger partial charge >= 0.3 is 0 Å². The molecule has 2 N–H and O–H groups in total. The minimum Gasteiger partial charge on any atom is -0.244 e. The zero-order chi connectivity index (χ0) is 7.23. The van der Waals surface area contributed by atoms with E-state index in [1.807, 2.05) is 0 Å². The number of hydrazine groups is 2. The first-order valence-electron chi connectivity index (χ1n) is 4.17. The molecular weight excluding hydrogens is 126 g/mol. The minimum atomic E-state index is 0.983. The number of rotatable bonds is 3. The Bertz CT molecular complexity index is 78.9. The van der Waals surface area contributed by atoms with Crippen LogP contribution in [0.5, 0.6) is 0 Å². The largest absolute Gasteiger partial charge is 0.244 e. The number of hydrogen-bond acceptors (Lipinski definition) is 3. The zero-order valence-corrected chi connectivity index (χ0v) is 6.69. The summed E-state index contributed by atoms with van der Waals surface area (Å²) in [5, 5.41) is 2.24. The van der Waals surface area contributed by atoms with Crippen LogP contribution >= 0.6 is 0 Å². The van der Waals surface area contributed by atoms with Crippen molar-refractivity contribution < 1.29 is 0 Å². The second-order valence-electron chi connectivity index (χ2n) is 2.69. The van der Waals surface area contributed by atoms with E-state index in [9.17, 15) is 0 Å². The van der Waals surface area contributed by atoms with Crippen LogP contribution in [0, 0.1) is 0 Å². The summed E-state index contributed by atoms with van der Waals surface area (Å²) in [6, 6.07) is 0. The van der Waals surface area contributed by atoms with Gasteiger partial charge in [-0.05, 0) is 12.8 Å². The molecule has 0 radical (unpaired) electrons. The molecule has 0 aliphatic carbocycles. The maximum atomic E-state index is 3.15. The van der Waals surface area contributed by atoms with Crippen molar-refractivity contribution in [3.8, 4) is 0 Å². The van der Waals surface area contributed by atoms with Crippen molar-refractivity contribution in [2.24, 2.45) is 0 Å². The van der Waals surface area contributed by atoms with Crippen molar-refractivity contribution in [2.45, 2.75) is 26.2 Å². The highest BCUT2D eigenvalue weighted by molar-refractivity contribution is 4.58. The maximum absolute atomic E-state index is 3.15. The van der Waals surface area contributed by atoms with E-state index in [1.165, 1.54) is 32.4 Å². The average Bonchev–Trinajstić information content (AvgIpc) is 2.03. The lowest BCUT2D eigenvalue weighted by Crippen LogP contribution is -2.49. The van der Waals surface area contributed by atoms with Gasteiger partial charge < -0.3 is 0 Å². The third-order valence-electron chi connectivity index (χ3n) is 1.77. The molecule has 1 aliphatic rings. The first kappa shape index (κ1) is 7.98. The van der Waals surface area contributed by atoms with Crippen LogP contribution in [-0.2, 0) is 0 Å².